The summed E-state index contributed by atoms with van der Waals surface area (Å²) in [6, 6.07) is 9.36. The molecule has 3 aromatic heterocycles. The summed E-state index contributed by atoms with van der Waals surface area (Å²) in [4.78, 5) is 45.5. The van der Waals surface area contributed by atoms with Gasteiger partial charge in [0.15, 0.2) is 5.65 Å². The number of aromatic amines is 1. The van der Waals surface area contributed by atoms with E-state index >= 15 is 0 Å². The Morgan fingerprint density at radius 3 is 2.64 bits per heavy atom. The van der Waals surface area contributed by atoms with Crippen molar-refractivity contribution >= 4 is 28.5 Å². The van der Waals surface area contributed by atoms with Gasteiger partial charge >= 0.3 is 0 Å². The normalized spacial score (nSPS) is 12.8. The summed E-state index contributed by atoms with van der Waals surface area (Å²) in [5.74, 6) is -0.354. The first kappa shape index (κ1) is 23.5. The Balaban J connectivity index is 1.60. The minimum absolute atomic E-state index is 0.0375. The molecule has 1 aliphatic heterocycles. The van der Waals surface area contributed by atoms with Crippen LogP contribution in [-0.2, 0) is 17.8 Å². The number of benzene rings is 1. The maximum Gasteiger partial charge on any atom is 0.253 e. The SMILES string of the molecule is Cc1cc(C)c(CNC(=O)c2cc(-c3ccc4c(c3)CC(=O)N4)nc3c2c(C)nn3C(C)C)c(=O)[nH]1. The molecule has 9 heteroatoms. The molecule has 0 bridgehead atoms. The fourth-order valence-electron chi connectivity index (χ4n) is 4.75. The monoisotopic (exact) mass is 484 g/mol. The molecule has 184 valence electrons. The Hall–Kier alpha value is -4.27. The number of fused-ring (bicyclic) bond motifs is 2. The van der Waals surface area contributed by atoms with E-state index in [1.165, 1.54) is 0 Å². The molecule has 0 atom stereocenters. The van der Waals surface area contributed by atoms with Gasteiger partial charge in [-0.25, -0.2) is 9.67 Å². The van der Waals surface area contributed by atoms with Crippen LogP contribution in [0.15, 0.2) is 35.1 Å². The van der Waals surface area contributed by atoms with Gasteiger partial charge in [0, 0.05) is 35.1 Å². The number of nitrogens with zero attached hydrogens (tertiary/aromatic N) is 3. The fraction of sp³-hybridized carbons (Fsp3) is 0.296. The molecule has 1 aromatic carbocycles. The Morgan fingerprint density at radius 1 is 1.14 bits per heavy atom. The molecule has 3 N–H and O–H groups in total. The molecule has 0 radical (unpaired) electrons. The van der Waals surface area contributed by atoms with Gasteiger partial charge in [-0.05, 0) is 70.0 Å². The molecule has 0 spiro atoms. The average Bonchev–Trinajstić information content (AvgIpc) is 3.35. The third kappa shape index (κ3) is 4.06. The zero-order chi connectivity index (χ0) is 25.7. The van der Waals surface area contributed by atoms with Crippen molar-refractivity contribution in [3.8, 4) is 11.3 Å². The van der Waals surface area contributed by atoms with Gasteiger partial charge in [0.25, 0.3) is 11.5 Å². The van der Waals surface area contributed by atoms with E-state index < -0.39 is 0 Å². The lowest BCUT2D eigenvalue weighted by Crippen LogP contribution is -2.28. The van der Waals surface area contributed by atoms with Crippen LogP contribution in [-0.4, -0.2) is 31.6 Å². The second kappa shape index (κ2) is 8.75. The fourth-order valence-corrected chi connectivity index (χ4v) is 4.75. The minimum Gasteiger partial charge on any atom is -0.348 e. The molecule has 1 aliphatic rings. The van der Waals surface area contributed by atoms with Crippen molar-refractivity contribution in [2.24, 2.45) is 0 Å². The molecule has 0 saturated heterocycles. The number of carbonyl (C=O) groups excluding carboxylic acids is 2. The number of pyridine rings is 2. The van der Waals surface area contributed by atoms with Gasteiger partial charge in [0.05, 0.1) is 28.8 Å². The van der Waals surface area contributed by atoms with Crippen molar-refractivity contribution in [1.82, 2.24) is 25.1 Å². The molecule has 0 aliphatic carbocycles. The van der Waals surface area contributed by atoms with E-state index in [9.17, 15) is 14.4 Å². The summed E-state index contributed by atoms with van der Waals surface area (Å²) >= 11 is 0. The van der Waals surface area contributed by atoms with Crippen molar-refractivity contribution in [3.63, 3.8) is 0 Å². The number of nitrogens with one attached hydrogen (secondary N) is 3. The lowest BCUT2D eigenvalue weighted by atomic mass is 10.0. The zero-order valence-corrected chi connectivity index (χ0v) is 20.9. The molecule has 5 rings (SSSR count). The van der Waals surface area contributed by atoms with Crippen LogP contribution >= 0.6 is 0 Å². The number of anilines is 1. The van der Waals surface area contributed by atoms with Crippen LogP contribution < -0.4 is 16.2 Å². The first-order valence-electron chi connectivity index (χ1n) is 11.9. The lowest BCUT2D eigenvalue weighted by Gasteiger charge is -2.12. The highest BCUT2D eigenvalue weighted by Crippen LogP contribution is 2.32. The van der Waals surface area contributed by atoms with Crippen molar-refractivity contribution in [2.45, 2.75) is 53.6 Å². The van der Waals surface area contributed by atoms with Gasteiger partial charge in [-0.2, -0.15) is 5.10 Å². The molecule has 0 fully saturated rings. The van der Waals surface area contributed by atoms with E-state index in [2.05, 4.69) is 20.7 Å². The maximum absolute atomic E-state index is 13.5. The van der Waals surface area contributed by atoms with Gasteiger partial charge in [-0.1, -0.05) is 6.07 Å². The summed E-state index contributed by atoms with van der Waals surface area (Å²) in [5.41, 5.74) is 6.77. The zero-order valence-electron chi connectivity index (χ0n) is 20.9. The maximum atomic E-state index is 13.5. The third-order valence-corrected chi connectivity index (χ3v) is 6.52. The van der Waals surface area contributed by atoms with Crippen molar-refractivity contribution < 1.29 is 9.59 Å². The molecule has 36 heavy (non-hydrogen) atoms. The third-order valence-electron chi connectivity index (χ3n) is 6.52. The van der Waals surface area contributed by atoms with E-state index in [-0.39, 0.29) is 30.0 Å². The molecule has 9 nitrogen and oxygen atoms in total. The molecule has 2 amide bonds. The molecule has 0 saturated carbocycles. The predicted octanol–water partition coefficient (Wildman–Crippen LogP) is 3.72. The van der Waals surface area contributed by atoms with Gasteiger partial charge in [-0.3, -0.25) is 14.4 Å². The molecule has 0 unspecified atom stereocenters. The number of carbonyl (C=O) groups is 2. The highest BCUT2D eigenvalue weighted by molar-refractivity contribution is 6.07. The Labute approximate surface area is 208 Å². The molecule has 4 heterocycles. The van der Waals surface area contributed by atoms with E-state index in [0.717, 1.165) is 28.1 Å². The second-order valence-corrected chi connectivity index (χ2v) is 9.60. The Morgan fingerprint density at radius 2 is 1.92 bits per heavy atom. The first-order chi connectivity index (χ1) is 17.1. The summed E-state index contributed by atoms with van der Waals surface area (Å²) < 4.78 is 1.82. The van der Waals surface area contributed by atoms with Crippen LogP contribution in [0.1, 0.15) is 58.3 Å². The summed E-state index contributed by atoms with van der Waals surface area (Å²) in [6.07, 6.45) is 0.312. The van der Waals surface area contributed by atoms with Crippen molar-refractivity contribution in [2.75, 3.05) is 5.32 Å². The Kier molecular flexibility index (Phi) is 5.70. The van der Waals surface area contributed by atoms with Crippen molar-refractivity contribution in [3.05, 3.63) is 74.3 Å². The van der Waals surface area contributed by atoms with E-state index in [0.29, 0.717) is 40.0 Å². The van der Waals surface area contributed by atoms with Crippen LogP contribution in [0.4, 0.5) is 5.69 Å². The Bertz CT molecular complexity index is 1610. The predicted molar refractivity (Wildman–Crippen MR) is 138 cm³/mol. The quantitative estimate of drug-likeness (QED) is 0.399. The van der Waals surface area contributed by atoms with Gasteiger partial charge < -0.3 is 15.6 Å². The highest BCUT2D eigenvalue weighted by atomic mass is 16.2. The number of hydrogen-bond acceptors (Lipinski definition) is 5. The topological polar surface area (TPSA) is 122 Å². The van der Waals surface area contributed by atoms with Gasteiger partial charge in [-0.15, -0.1) is 0 Å². The van der Waals surface area contributed by atoms with Gasteiger partial charge in [0.2, 0.25) is 5.91 Å². The number of H-pyrrole nitrogens is 1. The summed E-state index contributed by atoms with van der Waals surface area (Å²) in [5, 5.41) is 11.1. The minimum atomic E-state index is -0.313. The van der Waals surface area contributed by atoms with Crippen LogP contribution in [0.2, 0.25) is 0 Å². The van der Waals surface area contributed by atoms with Gasteiger partial charge in [0.1, 0.15) is 0 Å². The molecule has 4 aromatic rings. The van der Waals surface area contributed by atoms with E-state index in [1.807, 2.05) is 63.6 Å². The number of aryl methyl sites for hydroxylation is 3. The standard InChI is InChI=1S/C27H28N6O3/c1-13(2)33-25-24(16(5)32-33)19(26(35)28-12-20-14(3)8-15(4)29-27(20)36)11-22(31-25)17-6-7-21-18(9-17)10-23(34)30-21/h6-9,11,13H,10,12H2,1-5H3,(H,28,35)(H,29,36)(H,30,34). The van der Waals surface area contributed by atoms with E-state index in [4.69, 9.17) is 4.98 Å². The summed E-state index contributed by atoms with van der Waals surface area (Å²) in [6.45, 7) is 9.67. The van der Waals surface area contributed by atoms with Crippen LogP contribution in [0, 0.1) is 20.8 Å². The number of amides is 2. The summed E-state index contributed by atoms with van der Waals surface area (Å²) in [7, 11) is 0. The lowest BCUT2D eigenvalue weighted by molar-refractivity contribution is -0.115. The smallest absolute Gasteiger partial charge is 0.253 e. The largest absolute Gasteiger partial charge is 0.348 e. The second-order valence-electron chi connectivity index (χ2n) is 9.60. The number of hydrogen-bond donors (Lipinski definition) is 3. The van der Waals surface area contributed by atoms with Crippen LogP contribution in [0.25, 0.3) is 22.3 Å². The van der Waals surface area contributed by atoms with Crippen LogP contribution in [0.3, 0.4) is 0 Å². The number of rotatable bonds is 5. The highest BCUT2D eigenvalue weighted by Gasteiger charge is 2.23. The van der Waals surface area contributed by atoms with Crippen LogP contribution in [0.5, 0.6) is 0 Å². The number of aromatic nitrogens is 4. The average molecular weight is 485 g/mol. The molecular weight excluding hydrogens is 456 g/mol. The first-order valence-corrected chi connectivity index (χ1v) is 11.9. The van der Waals surface area contributed by atoms with Crippen molar-refractivity contribution in [1.29, 1.82) is 0 Å². The molecular formula is C27H28N6O3. The van der Waals surface area contributed by atoms with E-state index in [1.54, 1.807) is 6.07 Å².